The normalized spacial score (nSPS) is 15.6. The van der Waals surface area contributed by atoms with Gasteiger partial charge in [-0.3, -0.25) is 19.0 Å². The maximum Gasteiger partial charge on any atom is 0.261 e. The fourth-order valence-corrected chi connectivity index (χ4v) is 4.55. The highest BCUT2D eigenvalue weighted by Gasteiger charge is 2.24. The molecule has 1 atom stereocenters. The lowest BCUT2D eigenvalue weighted by molar-refractivity contribution is -0.133. The molecule has 0 aliphatic carbocycles. The number of nitrogens with zero attached hydrogens (tertiary/aromatic N) is 4. The average molecular weight is 474 g/mol. The Hall–Kier alpha value is -3.85. The lowest BCUT2D eigenvalue weighted by atomic mass is 10.1. The maximum atomic E-state index is 13.3. The molecule has 1 aliphatic rings. The Morgan fingerprint density at radius 3 is 2.83 bits per heavy atom. The number of aromatic nitrogens is 4. The number of hydrogen-bond donors (Lipinski definition) is 1. The minimum absolute atomic E-state index is 0.0563. The van der Waals surface area contributed by atoms with Crippen molar-refractivity contribution in [1.82, 2.24) is 24.4 Å². The van der Waals surface area contributed by atoms with Crippen molar-refractivity contribution in [2.75, 3.05) is 13.2 Å². The summed E-state index contributed by atoms with van der Waals surface area (Å²) in [5, 5.41) is 1.04. The van der Waals surface area contributed by atoms with Gasteiger partial charge in [-0.2, -0.15) is 0 Å². The monoisotopic (exact) mass is 473 g/mol. The van der Waals surface area contributed by atoms with Crippen molar-refractivity contribution in [1.29, 1.82) is 0 Å². The summed E-state index contributed by atoms with van der Waals surface area (Å²) in [5.74, 6) is 0.271. The van der Waals surface area contributed by atoms with Crippen LogP contribution in [-0.2, 0) is 22.6 Å². The average Bonchev–Trinajstić information content (AvgIpc) is 3.37. The number of hydrogen-bond acceptors (Lipinski definition) is 6. The second kappa shape index (κ2) is 9.79. The smallest absolute Gasteiger partial charge is 0.261 e. The van der Waals surface area contributed by atoms with E-state index < -0.39 is 0 Å². The van der Waals surface area contributed by atoms with Crippen molar-refractivity contribution in [3.8, 4) is 0 Å². The zero-order chi connectivity index (χ0) is 24.4. The SMILES string of the molecule is Cc1cccc2c(=O)n(CCC(=O)N(Cc3nc4ccccc4c(=O)[nH]3)C[C@H]3CCCO3)cnc12. The van der Waals surface area contributed by atoms with Crippen LogP contribution in [0, 0.1) is 6.92 Å². The van der Waals surface area contributed by atoms with Gasteiger partial charge in [0.05, 0.1) is 40.8 Å². The molecule has 0 spiro atoms. The van der Waals surface area contributed by atoms with E-state index in [-0.39, 0.29) is 42.6 Å². The number of H-pyrrole nitrogens is 1. The molecule has 1 amide bonds. The highest BCUT2D eigenvalue weighted by Crippen LogP contribution is 2.16. The van der Waals surface area contributed by atoms with Gasteiger partial charge in [-0.1, -0.05) is 24.3 Å². The minimum Gasteiger partial charge on any atom is -0.376 e. The summed E-state index contributed by atoms with van der Waals surface area (Å²) in [6.07, 6.45) is 3.38. The molecular formula is C26H27N5O4. The third kappa shape index (κ3) is 4.85. The number of ether oxygens (including phenoxy) is 1. The van der Waals surface area contributed by atoms with E-state index in [0.717, 1.165) is 18.4 Å². The van der Waals surface area contributed by atoms with Gasteiger partial charge in [-0.05, 0) is 43.5 Å². The Labute approximate surface area is 201 Å². The first-order chi connectivity index (χ1) is 17.0. The molecule has 3 heterocycles. The number of benzene rings is 2. The molecule has 2 aromatic heterocycles. The van der Waals surface area contributed by atoms with Crippen LogP contribution in [-0.4, -0.2) is 49.6 Å². The number of aryl methyl sites for hydroxylation is 2. The van der Waals surface area contributed by atoms with Gasteiger partial charge in [0.2, 0.25) is 5.91 Å². The standard InChI is InChI=1S/C26H27N5O4/c1-17-6-4-9-20-24(17)27-16-30(26(20)34)12-11-23(32)31(14-18-7-5-13-35-18)15-22-28-21-10-3-2-8-19(21)25(33)29-22/h2-4,6,8-10,16,18H,5,7,11-15H2,1H3,(H,28,29,33)/t18-/m1/s1. The van der Waals surface area contributed by atoms with Crippen LogP contribution in [0.1, 0.15) is 30.7 Å². The largest absolute Gasteiger partial charge is 0.376 e. The topological polar surface area (TPSA) is 110 Å². The Bertz CT molecular complexity index is 1500. The molecule has 0 radical (unpaired) electrons. The van der Waals surface area contributed by atoms with E-state index in [2.05, 4.69) is 15.0 Å². The van der Waals surface area contributed by atoms with Gasteiger partial charge < -0.3 is 14.6 Å². The van der Waals surface area contributed by atoms with E-state index in [0.29, 0.717) is 40.8 Å². The number of nitrogens with one attached hydrogen (secondary N) is 1. The van der Waals surface area contributed by atoms with Crippen LogP contribution in [0.15, 0.2) is 58.4 Å². The number of para-hydroxylation sites is 2. The lowest BCUT2D eigenvalue weighted by Gasteiger charge is -2.25. The molecule has 1 N–H and O–H groups in total. The molecule has 0 saturated carbocycles. The highest BCUT2D eigenvalue weighted by molar-refractivity contribution is 5.80. The van der Waals surface area contributed by atoms with Gasteiger partial charge in [0.15, 0.2) is 0 Å². The van der Waals surface area contributed by atoms with E-state index >= 15 is 0 Å². The Morgan fingerprint density at radius 2 is 2.00 bits per heavy atom. The molecule has 1 saturated heterocycles. The molecule has 35 heavy (non-hydrogen) atoms. The third-order valence-electron chi connectivity index (χ3n) is 6.43. The number of rotatable bonds is 7. The predicted octanol–water partition coefficient (Wildman–Crippen LogP) is 2.54. The van der Waals surface area contributed by atoms with Crippen LogP contribution < -0.4 is 11.1 Å². The van der Waals surface area contributed by atoms with Gasteiger partial charge in [-0.25, -0.2) is 9.97 Å². The van der Waals surface area contributed by atoms with E-state index in [1.54, 1.807) is 29.2 Å². The van der Waals surface area contributed by atoms with Gasteiger partial charge in [0.25, 0.3) is 11.1 Å². The van der Waals surface area contributed by atoms with Crippen LogP contribution in [0.5, 0.6) is 0 Å². The number of carbonyl (C=O) groups is 1. The number of carbonyl (C=O) groups excluding carboxylic acids is 1. The summed E-state index contributed by atoms with van der Waals surface area (Å²) in [6.45, 7) is 3.35. The second-order valence-corrected chi connectivity index (χ2v) is 8.90. The van der Waals surface area contributed by atoms with Crippen LogP contribution >= 0.6 is 0 Å². The first-order valence-electron chi connectivity index (χ1n) is 11.8. The minimum atomic E-state index is -0.237. The van der Waals surface area contributed by atoms with Crippen molar-refractivity contribution in [2.45, 2.75) is 45.4 Å². The molecule has 9 nitrogen and oxygen atoms in total. The summed E-state index contributed by atoms with van der Waals surface area (Å²) in [4.78, 5) is 52.2. The van der Waals surface area contributed by atoms with Crippen molar-refractivity contribution in [2.24, 2.45) is 0 Å². The molecule has 4 aromatic rings. The quantitative estimate of drug-likeness (QED) is 0.442. The number of amides is 1. The molecule has 2 aromatic carbocycles. The predicted molar refractivity (Wildman–Crippen MR) is 132 cm³/mol. The molecule has 5 rings (SSSR count). The van der Waals surface area contributed by atoms with Crippen molar-refractivity contribution < 1.29 is 9.53 Å². The first kappa shape index (κ1) is 22.9. The van der Waals surface area contributed by atoms with Gasteiger partial charge in [0.1, 0.15) is 5.82 Å². The van der Waals surface area contributed by atoms with Gasteiger partial charge in [0, 0.05) is 26.1 Å². The number of fused-ring (bicyclic) bond motifs is 2. The summed E-state index contributed by atoms with van der Waals surface area (Å²) >= 11 is 0. The summed E-state index contributed by atoms with van der Waals surface area (Å²) in [5.41, 5.74) is 1.78. The molecule has 1 aliphatic heterocycles. The summed E-state index contributed by atoms with van der Waals surface area (Å²) in [6, 6.07) is 12.6. The molecule has 0 bridgehead atoms. The highest BCUT2D eigenvalue weighted by atomic mass is 16.5. The van der Waals surface area contributed by atoms with Crippen molar-refractivity contribution in [3.63, 3.8) is 0 Å². The zero-order valence-corrected chi connectivity index (χ0v) is 19.6. The molecule has 1 fully saturated rings. The zero-order valence-electron chi connectivity index (χ0n) is 19.6. The molecule has 0 unspecified atom stereocenters. The fraction of sp³-hybridized carbons (Fsp3) is 0.346. The summed E-state index contributed by atoms with van der Waals surface area (Å²) < 4.78 is 7.23. The van der Waals surface area contributed by atoms with Crippen molar-refractivity contribution in [3.05, 3.63) is 80.9 Å². The van der Waals surface area contributed by atoms with Gasteiger partial charge >= 0.3 is 0 Å². The molecule has 9 heteroatoms. The lowest BCUT2D eigenvalue weighted by Crippen LogP contribution is -2.38. The number of aromatic amines is 1. The molecular weight excluding hydrogens is 446 g/mol. The van der Waals surface area contributed by atoms with Crippen LogP contribution in [0.2, 0.25) is 0 Å². The van der Waals surface area contributed by atoms with Crippen LogP contribution in [0.25, 0.3) is 21.8 Å². The van der Waals surface area contributed by atoms with Crippen molar-refractivity contribution >= 4 is 27.7 Å². The summed E-state index contributed by atoms with van der Waals surface area (Å²) in [7, 11) is 0. The fourth-order valence-electron chi connectivity index (χ4n) is 4.55. The third-order valence-corrected chi connectivity index (χ3v) is 6.43. The van der Waals surface area contributed by atoms with E-state index in [9.17, 15) is 14.4 Å². The Morgan fingerprint density at radius 1 is 1.17 bits per heavy atom. The first-order valence-corrected chi connectivity index (χ1v) is 11.8. The van der Waals surface area contributed by atoms with Crippen LogP contribution in [0.3, 0.4) is 0 Å². The van der Waals surface area contributed by atoms with Gasteiger partial charge in [-0.15, -0.1) is 0 Å². The maximum absolute atomic E-state index is 13.3. The second-order valence-electron chi connectivity index (χ2n) is 8.90. The Kier molecular flexibility index (Phi) is 6.41. The molecule has 180 valence electrons. The van der Waals surface area contributed by atoms with E-state index in [1.165, 1.54) is 10.9 Å². The Balaban J connectivity index is 1.37. The van der Waals surface area contributed by atoms with E-state index in [1.807, 2.05) is 25.1 Å². The van der Waals surface area contributed by atoms with E-state index in [4.69, 9.17) is 4.74 Å². The van der Waals surface area contributed by atoms with Crippen LogP contribution in [0.4, 0.5) is 0 Å².